The summed E-state index contributed by atoms with van der Waals surface area (Å²) in [7, 11) is 0. The van der Waals surface area contributed by atoms with Crippen molar-refractivity contribution in [1.82, 2.24) is 15.0 Å². The minimum absolute atomic E-state index is 0.318. The zero-order valence-corrected chi connectivity index (χ0v) is 17.5. The highest BCUT2D eigenvalue weighted by Gasteiger charge is 2.33. The van der Waals surface area contributed by atoms with E-state index in [1.54, 1.807) is 23.0 Å². The number of carbonyl (C=O) groups excluding carboxylic acids is 1. The van der Waals surface area contributed by atoms with E-state index in [0.29, 0.717) is 41.3 Å². The Hall–Kier alpha value is -2.53. The number of hydrogen-bond acceptors (Lipinski definition) is 5. The molecule has 1 aromatic heterocycles. The number of nitrogens with zero attached hydrogens (tertiary/aromatic N) is 4. The Balaban J connectivity index is 1.31. The summed E-state index contributed by atoms with van der Waals surface area (Å²) in [5, 5.41) is 8.16. The number of anilines is 1. The molecule has 9 heteroatoms. The Bertz CT molecular complexity index is 998. The molecule has 0 saturated carbocycles. The molecule has 150 valence electrons. The van der Waals surface area contributed by atoms with Crippen LogP contribution in [-0.4, -0.2) is 33.7 Å². The monoisotopic (exact) mass is 508 g/mol. The first-order valence-corrected chi connectivity index (χ1v) is 10.1. The van der Waals surface area contributed by atoms with Crippen molar-refractivity contribution in [1.29, 1.82) is 0 Å². The van der Waals surface area contributed by atoms with Gasteiger partial charge in [0.2, 0.25) is 0 Å². The number of halogens is 2. The first-order chi connectivity index (χ1) is 14.1. The number of hydrogen-bond donors (Lipinski definition) is 0. The second-order valence-corrected chi connectivity index (χ2v) is 7.79. The van der Waals surface area contributed by atoms with E-state index >= 15 is 0 Å². The number of cyclic esters (lactones) is 1. The number of ether oxygens (including phenoxy) is 2. The van der Waals surface area contributed by atoms with Crippen molar-refractivity contribution in [2.75, 3.05) is 11.4 Å². The molecule has 4 rings (SSSR count). The van der Waals surface area contributed by atoms with Gasteiger partial charge >= 0.3 is 6.09 Å². The van der Waals surface area contributed by atoms with Crippen LogP contribution < -0.4 is 4.90 Å². The molecule has 3 aromatic rings. The molecule has 1 atom stereocenters. The van der Waals surface area contributed by atoms with Gasteiger partial charge in [0.25, 0.3) is 0 Å². The van der Waals surface area contributed by atoms with Crippen molar-refractivity contribution in [2.24, 2.45) is 0 Å². The fourth-order valence-electron chi connectivity index (χ4n) is 3.03. The summed E-state index contributed by atoms with van der Waals surface area (Å²) in [6.07, 6.45) is 0.873. The van der Waals surface area contributed by atoms with Crippen LogP contribution in [0.15, 0.2) is 54.7 Å². The van der Waals surface area contributed by atoms with Crippen LogP contribution in [0.3, 0.4) is 0 Å². The summed E-state index contributed by atoms with van der Waals surface area (Å²) < 4.78 is 27.0. The largest absolute Gasteiger partial charge is 0.442 e. The van der Waals surface area contributed by atoms with Crippen LogP contribution in [0.25, 0.3) is 0 Å². The van der Waals surface area contributed by atoms with Crippen molar-refractivity contribution in [2.45, 2.75) is 25.9 Å². The third-order valence-electron chi connectivity index (χ3n) is 4.43. The van der Waals surface area contributed by atoms with Gasteiger partial charge in [0.05, 0.1) is 38.2 Å². The minimum atomic E-state index is -0.498. The summed E-state index contributed by atoms with van der Waals surface area (Å²) in [5.41, 5.74) is 2.26. The molecular formula is C20H18FIN4O3. The maximum atomic E-state index is 13.8. The third kappa shape index (κ3) is 4.91. The van der Waals surface area contributed by atoms with E-state index in [0.717, 1.165) is 5.56 Å². The standard InChI is InChI=1S/C20H18FIN4O3/c21-18-8-16(6-7-19(18)22)26-11-17(29-20(26)27)10-25-9-15(23-24-25)13-28-12-14-4-2-1-3-5-14/h1-9,17H,10-13H2/t17-/m0/s1. The summed E-state index contributed by atoms with van der Waals surface area (Å²) in [6.45, 7) is 1.52. The number of benzene rings is 2. The Morgan fingerprint density at radius 2 is 2.03 bits per heavy atom. The molecule has 0 spiro atoms. The van der Waals surface area contributed by atoms with E-state index in [1.165, 1.54) is 11.0 Å². The average molecular weight is 508 g/mol. The van der Waals surface area contributed by atoms with E-state index in [9.17, 15) is 9.18 Å². The molecule has 0 radical (unpaired) electrons. The molecule has 1 aliphatic rings. The number of rotatable bonds is 7. The summed E-state index contributed by atoms with van der Waals surface area (Å²) in [5.74, 6) is -0.365. The van der Waals surface area contributed by atoms with Gasteiger partial charge in [0, 0.05) is 3.57 Å². The highest BCUT2D eigenvalue weighted by atomic mass is 127. The number of amides is 1. The van der Waals surface area contributed by atoms with Gasteiger partial charge in [-0.15, -0.1) is 5.10 Å². The molecule has 1 aliphatic heterocycles. The Morgan fingerprint density at radius 1 is 1.21 bits per heavy atom. The third-order valence-corrected chi connectivity index (χ3v) is 5.30. The van der Waals surface area contributed by atoms with Gasteiger partial charge in [-0.1, -0.05) is 35.5 Å². The minimum Gasteiger partial charge on any atom is -0.442 e. The zero-order valence-electron chi connectivity index (χ0n) is 15.4. The van der Waals surface area contributed by atoms with Crippen LogP contribution >= 0.6 is 22.6 Å². The van der Waals surface area contributed by atoms with Crippen molar-refractivity contribution >= 4 is 34.4 Å². The first kappa shape index (κ1) is 19.8. The predicted molar refractivity (Wildman–Crippen MR) is 112 cm³/mol. The number of aromatic nitrogens is 3. The lowest BCUT2D eigenvalue weighted by Crippen LogP contribution is -2.26. The smallest absolute Gasteiger partial charge is 0.414 e. The van der Waals surface area contributed by atoms with Crippen molar-refractivity contribution in [3.63, 3.8) is 0 Å². The summed E-state index contributed by atoms with van der Waals surface area (Å²) in [4.78, 5) is 13.6. The molecule has 0 aliphatic carbocycles. The maximum Gasteiger partial charge on any atom is 0.414 e. The van der Waals surface area contributed by atoms with Crippen LogP contribution in [0.5, 0.6) is 0 Å². The average Bonchev–Trinajstić information content (AvgIpc) is 3.31. The van der Waals surface area contributed by atoms with Gasteiger partial charge in [-0.2, -0.15) is 0 Å². The Labute approximate surface area is 180 Å². The second kappa shape index (κ2) is 8.87. The van der Waals surface area contributed by atoms with Gasteiger partial charge in [0.15, 0.2) is 0 Å². The molecule has 7 nitrogen and oxygen atoms in total. The van der Waals surface area contributed by atoms with Crippen LogP contribution in [-0.2, 0) is 29.2 Å². The summed E-state index contributed by atoms with van der Waals surface area (Å²) in [6, 6.07) is 14.5. The molecule has 1 amide bonds. The molecule has 2 aromatic carbocycles. The molecule has 29 heavy (non-hydrogen) atoms. The van der Waals surface area contributed by atoms with Crippen LogP contribution in [0.1, 0.15) is 11.3 Å². The second-order valence-electron chi connectivity index (χ2n) is 6.63. The van der Waals surface area contributed by atoms with E-state index in [-0.39, 0.29) is 5.82 Å². The highest BCUT2D eigenvalue weighted by Crippen LogP contribution is 2.25. The zero-order chi connectivity index (χ0) is 20.2. The van der Waals surface area contributed by atoms with Crippen LogP contribution in [0, 0.1) is 9.39 Å². The van der Waals surface area contributed by atoms with Crippen molar-refractivity contribution in [3.05, 3.63) is 75.4 Å². The number of carbonyl (C=O) groups is 1. The highest BCUT2D eigenvalue weighted by molar-refractivity contribution is 14.1. The van der Waals surface area contributed by atoms with Crippen LogP contribution in [0.2, 0.25) is 0 Å². The fraction of sp³-hybridized carbons (Fsp3) is 0.250. The lowest BCUT2D eigenvalue weighted by Gasteiger charge is -2.13. The Kier molecular flexibility index (Phi) is 6.05. The molecule has 0 N–H and O–H groups in total. The lowest BCUT2D eigenvalue weighted by atomic mass is 10.2. The topological polar surface area (TPSA) is 69.5 Å². The summed E-state index contributed by atoms with van der Waals surface area (Å²) >= 11 is 1.91. The van der Waals surface area contributed by atoms with Gasteiger partial charge in [-0.25, -0.2) is 13.9 Å². The van der Waals surface area contributed by atoms with Gasteiger partial charge in [-0.05, 0) is 46.4 Å². The predicted octanol–water partition coefficient (Wildman–Crippen LogP) is 3.76. The quantitative estimate of drug-likeness (QED) is 0.455. The van der Waals surface area contributed by atoms with Gasteiger partial charge in [0.1, 0.15) is 17.6 Å². The molecular weight excluding hydrogens is 490 g/mol. The van der Waals surface area contributed by atoms with Gasteiger partial charge < -0.3 is 9.47 Å². The normalized spacial score (nSPS) is 16.3. The van der Waals surface area contributed by atoms with E-state index in [1.807, 2.05) is 52.9 Å². The van der Waals surface area contributed by atoms with Crippen LogP contribution in [0.4, 0.5) is 14.9 Å². The maximum absolute atomic E-state index is 13.8. The SMILES string of the molecule is O=C1O[C@@H](Cn2cc(COCc3ccccc3)nn2)CN1c1ccc(I)c(F)c1. The van der Waals surface area contributed by atoms with E-state index < -0.39 is 12.2 Å². The van der Waals surface area contributed by atoms with Gasteiger partial charge in [-0.3, -0.25) is 4.90 Å². The molecule has 2 heterocycles. The Morgan fingerprint density at radius 3 is 2.83 bits per heavy atom. The van der Waals surface area contributed by atoms with Crippen molar-refractivity contribution < 1.29 is 18.7 Å². The molecule has 1 saturated heterocycles. The molecule has 0 unspecified atom stereocenters. The molecule has 1 fully saturated rings. The first-order valence-electron chi connectivity index (χ1n) is 9.02. The lowest BCUT2D eigenvalue weighted by molar-refractivity contribution is 0.104. The van der Waals surface area contributed by atoms with E-state index in [2.05, 4.69) is 10.3 Å². The fourth-order valence-corrected chi connectivity index (χ4v) is 3.37. The molecule has 0 bridgehead atoms. The van der Waals surface area contributed by atoms with E-state index in [4.69, 9.17) is 9.47 Å². The van der Waals surface area contributed by atoms with Crippen molar-refractivity contribution in [3.8, 4) is 0 Å².